The molecule has 2 fully saturated rings. The molecule has 1 atom stereocenters. The molecule has 110 valence electrons. The number of rotatable bonds is 5. The van der Waals surface area contributed by atoms with E-state index in [4.69, 9.17) is 10.5 Å². The van der Waals surface area contributed by atoms with Gasteiger partial charge in [-0.25, -0.2) is 0 Å². The lowest BCUT2D eigenvalue weighted by Gasteiger charge is -2.38. The fourth-order valence-electron chi connectivity index (χ4n) is 3.38. The Balaban J connectivity index is 1.83. The van der Waals surface area contributed by atoms with Crippen LogP contribution in [0, 0.1) is 0 Å². The van der Waals surface area contributed by atoms with Crippen LogP contribution in [0.1, 0.15) is 64.7 Å². The van der Waals surface area contributed by atoms with E-state index in [2.05, 4.69) is 5.32 Å². The van der Waals surface area contributed by atoms with Gasteiger partial charge in [-0.2, -0.15) is 0 Å². The lowest BCUT2D eigenvalue weighted by molar-refractivity contribution is -0.149. The zero-order chi connectivity index (χ0) is 13.7. The van der Waals surface area contributed by atoms with E-state index in [-0.39, 0.29) is 17.6 Å². The molecule has 0 heterocycles. The quantitative estimate of drug-likeness (QED) is 0.802. The normalized spacial score (nSPS) is 25.2. The van der Waals surface area contributed by atoms with E-state index in [0.717, 1.165) is 38.5 Å². The summed E-state index contributed by atoms with van der Waals surface area (Å²) >= 11 is 0. The minimum absolute atomic E-state index is 0.0327. The van der Waals surface area contributed by atoms with Crippen molar-refractivity contribution in [3.63, 3.8) is 0 Å². The summed E-state index contributed by atoms with van der Waals surface area (Å²) in [4.78, 5) is 12.2. The van der Waals surface area contributed by atoms with Crippen LogP contribution in [0.25, 0.3) is 0 Å². The summed E-state index contributed by atoms with van der Waals surface area (Å²) < 4.78 is 6.06. The molecule has 0 radical (unpaired) electrons. The first-order valence-corrected chi connectivity index (χ1v) is 7.83. The largest absolute Gasteiger partial charge is 0.361 e. The second-order valence-electron chi connectivity index (χ2n) is 6.20. The molecule has 0 aliphatic heterocycles. The van der Waals surface area contributed by atoms with E-state index < -0.39 is 0 Å². The smallest absolute Gasteiger partial charge is 0.249 e. The maximum absolute atomic E-state index is 12.2. The van der Waals surface area contributed by atoms with Gasteiger partial charge in [-0.05, 0) is 32.6 Å². The molecule has 0 aromatic heterocycles. The van der Waals surface area contributed by atoms with Gasteiger partial charge < -0.3 is 15.8 Å². The molecule has 2 aliphatic carbocycles. The average Bonchev–Trinajstić information content (AvgIpc) is 2.92. The highest BCUT2D eigenvalue weighted by molar-refractivity contribution is 5.80. The number of ether oxygens (including phenoxy) is 1. The van der Waals surface area contributed by atoms with Gasteiger partial charge in [0.2, 0.25) is 5.91 Å². The Kier molecular flexibility index (Phi) is 5.22. The van der Waals surface area contributed by atoms with E-state index in [0.29, 0.717) is 12.6 Å². The molecule has 4 heteroatoms. The zero-order valence-corrected chi connectivity index (χ0v) is 12.1. The van der Waals surface area contributed by atoms with Crippen molar-refractivity contribution in [3.8, 4) is 0 Å². The van der Waals surface area contributed by atoms with E-state index in [1.807, 2.05) is 6.92 Å². The van der Waals surface area contributed by atoms with Gasteiger partial charge in [0.15, 0.2) is 0 Å². The van der Waals surface area contributed by atoms with Crippen LogP contribution in [0.2, 0.25) is 0 Å². The van der Waals surface area contributed by atoms with E-state index in [1.165, 1.54) is 19.3 Å². The predicted molar refractivity (Wildman–Crippen MR) is 75.8 cm³/mol. The van der Waals surface area contributed by atoms with Gasteiger partial charge in [-0.3, -0.25) is 4.79 Å². The molecule has 1 unspecified atom stereocenters. The zero-order valence-electron chi connectivity index (χ0n) is 12.1. The van der Waals surface area contributed by atoms with Crippen molar-refractivity contribution < 1.29 is 9.53 Å². The average molecular weight is 268 g/mol. The van der Waals surface area contributed by atoms with Crippen LogP contribution in [-0.2, 0) is 9.53 Å². The maximum atomic E-state index is 12.2. The van der Waals surface area contributed by atoms with Crippen molar-refractivity contribution in [3.05, 3.63) is 0 Å². The van der Waals surface area contributed by atoms with Crippen LogP contribution in [-0.4, -0.2) is 30.2 Å². The van der Waals surface area contributed by atoms with Crippen molar-refractivity contribution in [2.24, 2.45) is 5.73 Å². The molecule has 0 saturated heterocycles. The number of nitrogens with two attached hydrogens (primary N) is 1. The molecule has 0 bridgehead atoms. The summed E-state index contributed by atoms with van der Waals surface area (Å²) in [7, 11) is 0. The van der Waals surface area contributed by atoms with Crippen LogP contribution in [0.5, 0.6) is 0 Å². The molecule has 3 N–H and O–H groups in total. The number of hydrogen-bond acceptors (Lipinski definition) is 3. The number of carbonyl (C=O) groups excluding carboxylic acids is 1. The van der Waals surface area contributed by atoms with E-state index in [1.54, 1.807) is 0 Å². The second-order valence-corrected chi connectivity index (χ2v) is 6.20. The molecule has 4 nitrogen and oxygen atoms in total. The highest BCUT2D eigenvalue weighted by Gasteiger charge is 2.35. The van der Waals surface area contributed by atoms with Crippen LogP contribution in [0.15, 0.2) is 0 Å². The first-order valence-electron chi connectivity index (χ1n) is 7.83. The summed E-state index contributed by atoms with van der Waals surface area (Å²) in [6.45, 7) is 2.38. The Morgan fingerprint density at radius 2 is 1.89 bits per heavy atom. The molecule has 2 rings (SSSR count). The number of hydrogen-bond donors (Lipinski definition) is 2. The highest BCUT2D eigenvalue weighted by atomic mass is 16.5. The monoisotopic (exact) mass is 268 g/mol. The summed E-state index contributed by atoms with van der Waals surface area (Å²) in [5.41, 5.74) is 5.63. The third-order valence-electron chi connectivity index (χ3n) is 4.63. The molecular formula is C15H28N2O2. The van der Waals surface area contributed by atoms with Gasteiger partial charge in [0.05, 0.1) is 5.60 Å². The summed E-state index contributed by atoms with van der Waals surface area (Å²) in [6, 6.07) is 0.360. The Morgan fingerprint density at radius 3 is 2.47 bits per heavy atom. The summed E-state index contributed by atoms with van der Waals surface area (Å²) in [5.74, 6) is 0.0327. The SMILES string of the molecule is CC(OC1(CN)CCCCC1)C(=O)NC1CCCC1. The highest BCUT2D eigenvalue weighted by Crippen LogP contribution is 2.32. The molecule has 2 aliphatic rings. The Labute approximate surface area is 116 Å². The summed E-state index contributed by atoms with van der Waals surface area (Å²) in [5, 5.41) is 3.10. The van der Waals surface area contributed by atoms with E-state index >= 15 is 0 Å². The van der Waals surface area contributed by atoms with Crippen molar-refractivity contribution in [2.75, 3.05) is 6.54 Å². The lowest BCUT2D eigenvalue weighted by Crippen LogP contribution is -2.49. The number of carbonyl (C=O) groups is 1. The van der Waals surface area contributed by atoms with Gasteiger partial charge in [0, 0.05) is 12.6 Å². The van der Waals surface area contributed by atoms with Crippen molar-refractivity contribution >= 4 is 5.91 Å². The van der Waals surface area contributed by atoms with Gasteiger partial charge in [0.25, 0.3) is 0 Å². The fourth-order valence-corrected chi connectivity index (χ4v) is 3.38. The van der Waals surface area contributed by atoms with Gasteiger partial charge in [-0.1, -0.05) is 32.1 Å². The van der Waals surface area contributed by atoms with Gasteiger partial charge >= 0.3 is 0 Å². The van der Waals surface area contributed by atoms with Gasteiger partial charge in [-0.15, -0.1) is 0 Å². The Hall–Kier alpha value is -0.610. The minimum Gasteiger partial charge on any atom is -0.361 e. The molecule has 0 spiro atoms. The van der Waals surface area contributed by atoms with Crippen LogP contribution in [0.4, 0.5) is 0 Å². The first kappa shape index (κ1) is 14.8. The molecule has 0 aromatic rings. The number of nitrogens with one attached hydrogen (secondary N) is 1. The molecular weight excluding hydrogens is 240 g/mol. The topological polar surface area (TPSA) is 64.3 Å². The second kappa shape index (κ2) is 6.71. The van der Waals surface area contributed by atoms with Gasteiger partial charge in [0.1, 0.15) is 6.10 Å². The van der Waals surface area contributed by atoms with Crippen LogP contribution >= 0.6 is 0 Å². The predicted octanol–water partition coefficient (Wildman–Crippen LogP) is 2.11. The number of amides is 1. The summed E-state index contributed by atoms with van der Waals surface area (Å²) in [6.07, 6.45) is 9.86. The lowest BCUT2D eigenvalue weighted by atomic mass is 9.84. The minimum atomic E-state index is -0.387. The first-order chi connectivity index (χ1) is 9.15. The van der Waals surface area contributed by atoms with Crippen LogP contribution in [0.3, 0.4) is 0 Å². The van der Waals surface area contributed by atoms with Crippen LogP contribution < -0.4 is 11.1 Å². The molecule has 0 aromatic carbocycles. The van der Waals surface area contributed by atoms with Crippen molar-refractivity contribution in [1.82, 2.24) is 5.32 Å². The molecule has 1 amide bonds. The fraction of sp³-hybridized carbons (Fsp3) is 0.933. The van der Waals surface area contributed by atoms with Crippen molar-refractivity contribution in [1.29, 1.82) is 0 Å². The maximum Gasteiger partial charge on any atom is 0.249 e. The van der Waals surface area contributed by atoms with E-state index in [9.17, 15) is 4.79 Å². The molecule has 19 heavy (non-hydrogen) atoms. The van der Waals surface area contributed by atoms with Crippen molar-refractivity contribution in [2.45, 2.75) is 82.5 Å². The Morgan fingerprint density at radius 1 is 1.26 bits per heavy atom. The third-order valence-corrected chi connectivity index (χ3v) is 4.63. The third kappa shape index (κ3) is 3.93. The standard InChI is InChI=1S/C15H28N2O2/c1-12(14(18)17-13-7-3-4-8-13)19-15(11-16)9-5-2-6-10-15/h12-13H,2-11,16H2,1H3,(H,17,18). The Bertz CT molecular complexity index is 295. The molecule has 2 saturated carbocycles.